The average molecular weight is 402 g/mol. The molecule has 113 valence electrons. The van der Waals surface area contributed by atoms with Crippen LogP contribution < -0.4 is 5.32 Å². The SMILES string of the molecule is O=C(N[C@H]1CCN=C1[Se])c1cnc(-c2cc(F)cc(Cl)c2)s1. The number of thiazole rings is 1. The van der Waals surface area contributed by atoms with Crippen LogP contribution in [0.1, 0.15) is 16.1 Å². The van der Waals surface area contributed by atoms with Crippen molar-refractivity contribution in [2.75, 3.05) is 6.54 Å². The third-order valence-corrected chi connectivity index (χ3v) is 5.26. The molecular weight excluding hydrogens is 392 g/mol. The first-order valence-corrected chi connectivity index (χ1v) is 8.52. The molecule has 2 aromatic rings. The Labute approximate surface area is 143 Å². The van der Waals surface area contributed by atoms with Crippen LogP contribution >= 0.6 is 22.9 Å². The van der Waals surface area contributed by atoms with Crippen LogP contribution in [0.25, 0.3) is 10.6 Å². The van der Waals surface area contributed by atoms with Crippen molar-refractivity contribution in [2.24, 2.45) is 4.99 Å². The number of halogens is 2. The van der Waals surface area contributed by atoms with Gasteiger partial charge in [-0.3, -0.25) is 0 Å². The van der Waals surface area contributed by atoms with Gasteiger partial charge in [0, 0.05) is 0 Å². The number of rotatable bonds is 3. The van der Waals surface area contributed by atoms with Crippen LogP contribution in [-0.2, 0) is 0 Å². The van der Waals surface area contributed by atoms with E-state index < -0.39 is 5.82 Å². The molecule has 1 amide bonds. The van der Waals surface area contributed by atoms with E-state index in [-0.39, 0.29) is 11.9 Å². The molecule has 0 unspecified atom stereocenters. The van der Waals surface area contributed by atoms with Crippen molar-refractivity contribution in [3.63, 3.8) is 0 Å². The van der Waals surface area contributed by atoms with Crippen LogP contribution in [-0.4, -0.2) is 44.1 Å². The fraction of sp³-hybridized carbons (Fsp3) is 0.214. The molecular formula is C14H10ClFN3OSSe. The van der Waals surface area contributed by atoms with Gasteiger partial charge in [0.2, 0.25) is 0 Å². The first kappa shape index (κ1) is 15.6. The van der Waals surface area contributed by atoms with Gasteiger partial charge in [0.15, 0.2) is 0 Å². The number of hydrogen-bond donors (Lipinski definition) is 1. The number of aromatic nitrogens is 1. The van der Waals surface area contributed by atoms with E-state index in [0.717, 1.165) is 11.0 Å². The molecule has 0 aliphatic carbocycles. The van der Waals surface area contributed by atoms with Gasteiger partial charge in [-0.25, -0.2) is 0 Å². The molecule has 1 aromatic heterocycles. The second kappa shape index (κ2) is 6.46. The maximum atomic E-state index is 13.4. The van der Waals surface area contributed by atoms with Crippen LogP contribution in [0.2, 0.25) is 5.02 Å². The third kappa shape index (κ3) is 3.38. The molecule has 2 heterocycles. The Balaban J connectivity index is 1.78. The van der Waals surface area contributed by atoms with Gasteiger partial charge in [0.1, 0.15) is 0 Å². The Morgan fingerprint density at radius 1 is 1.45 bits per heavy atom. The Morgan fingerprint density at radius 2 is 2.27 bits per heavy atom. The van der Waals surface area contributed by atoms with Gasteiger partial charge in [-0.15, -0.1) is 0 Å². The van der Waals surface area contributed by atoms with Crippen molar-refractivity contribution in [1.29, 1.82) is 0 Å². The zero-order valence-corrected chi connectivity index (χ0v) is 14.5. The Hall–Kier alpha value is -1.27. The zero-order chi connectivity index (χ0) is 15.7. The molecule has 8 heteroatoms. The molecule has 1 aliphatic heterocycles. The third-order valence-electron chi connectivity index (χ3n) is 3.13. The van der Waals surface area contributed by atoms with E-state index in [1.807, 2.05) is 0 Å². The number of benzene rings is 1. The van der Waals surface area contributed by atoms with Crippen molar-refractivity contribution in [3.05, 3.63) is 40.1 Å². The number of carbonyl (C=O) groups excluding carboxylic acids is 1. The summed E-state index contributed by atoms with van der Waals surface area (Å²) in [6.45, 7) is 0.711. The van der Waals surface area contributed by atoms with Crippen LogP contribution in [0.3, 0.4) is 0 Å². The number of nitrogens with one attached hydrogen (secondary N) is 1. The molecule has 1 aromatic carbocycles. The second-order valence-corrected chi connectivity index (χ2v) is 7.07. The molecule has 0 saturated carbocycles. The van der Waals surface area contributed by atoms with Gasteiger partial charge in [-0.2, -0.15) is 0 Å². The predicted molar refractivity (Wildman–Crippen MR) is 86.4 cm³/mol. The predicted octanol–water partition coefficient (Wildman–Crippen LogP) is 2.67. The molecule has 4 nitrogen and oxygen atoms in total. The van der Waals surface area contributed by atoms with Gasteiger partial charge in [0.25, 0.3) is 0 Å². The molecule has 1 radical (unpaired) electrons. The van der Waals surface area contributed by atoms with Gasteiger partial charge >= 0.3 is 144 Å². The minimum absolute atomic E-state index is 0.0679. The molecule has 0 fully saturated rings. The first-order chi connectivity index (χ1) is 10.5. The second-order valence-electron chi connectivity index (χ2n) is 4.72. The summed E-state index contributed by atoms with van der Waals surface area (Å²) < 4.78 is 14.2. The van der Waals surface area contributed by atoms with Crippen LogP contribution in [0.5, 0.6) is 0 Å². The Bertz CT molecular complexity index is 744. The van der Waals surface area contributed by atoms with Crippen LogP contribution in [0.4, 0.5) is 4.39 Å². The average Bonchev–Trinajstić information content (AvgIpc) is 3.08. The van der Waals surface area contributed by atoms with Crippen molar-refractivity contribution in [3.8, 4) is 10.6 Å². The molecule has 0 saturated heterocycles. The standard InChI is InChI=1S/C14H10ClFN3OSSe/c15-8-3-7(4-9(16)5-8)13-18-6-11(21-13)12(20)19-10-1-2-17-14(10)22/h3-6,10H,1-2H2,(H,19,20)/t10-/m0/s1. The van der Waals surface area contributed by atoms with Crippen molar-refractivity contribution < 1.29 is 9.18 Å². The van der Waals surface area contributed by atoms with Gasteiger partial charge in [-0.05, 0) is 0 Å². The van der Waals surface area contributed by atoms with Crippen molar-refractivity contribution >= 4 is 49.5 Å². The fourth-order valence-corrected chi connectivity index (χ4v) is 3.68. The number of hydrogen-bond acceptors (Lipinski definition) is 4. The van der Waals surface area contributed by atoms with E-state index in [9.17, 15) is 9.18 Å². The van der Waals surface area contributed by atoms with E-state index in [2.05, 4.69) is 31.3 Å². The summed E-state index contributed by atoms with van der Waals surface area (Å²) in [5.41, 5.74) is 0.556. The number of carbonyl (C=O) groups is 1. The van der Waals surface area contributed by atoms with Gasteiger partial charge in [0.05, 0.1) is 0 Å². The molecule has 1 aliphatic rings. The fourth-order valence-electron chi connectivity index (χ4n) is 2.09. The molecule has 22 heavy (non-hydrogen) atoms. The zero-order valence-electron chi connectivity index (χ0n) is 11.2. The number of amides is 1. The quantitative estimate of drug-likeness (QED) is 0.804. The topological polar surface area (TPSA) is 54.4 Å². The Morgan fingerprint density at radius 3 is 2.95 bits per heavy atom. The summed E-state index contributed by atoms with van der Waals surface area (Å²) in [7, 11) is 0. The van der Waals surface area contributed by atoms with E-state index in [1.54, 1.807) is 6.07 Å². The maximum absolute atomic E-state index is 13.4. The van der Waals surface area contributed by atoms with Crippen molar-refractivity contribution in [2.45, 2.75) is 12.5 Å². The first-order valence-electron chi connectivity index (χ1n) is 6.47. The van der Waals surface area contributed by atoms with Crippen LogP contribution in [0, 0.1) is 5.82 Å². The van der Waals surface area contributed by atoms with E-state index in [1.165, 1.54) is 29.7 Å². The number of aliphatic imine (C=N–C) groups is 1. The summed E-state index contributed by atoms with van der Waals surface area (Å²) in [6, 6.07) is 4.12. The molecule has 1 atom stereocenters. The summed E-state index contributed by atoms with van der Waals surface area (Å²) in [5, 5.41) is 3.75. The van der Waals surface area contributed by atoms with Gasteiger partial charge in [-0.1, -0.05) is 0 Å². The van der Waals surface area contributed by atoms with E-state index in [4.69, 9.17) is 11.6 Å². The van der Waals surface area contributed by atoms with E-state index >= 15 is 0 Å². The summed E-state index contributed by atoms with van der Waals surface area (Å²) in [5.74, 6) is -0.641. The normalized spacial score (nSPS) is 17.4. The van der Waals surface area contributed by atoms with Crippen molar-refractivity contribution in [1.82, 2.24) is 10.3 Å². The summed E-state index contributed by atoms with van der Waals surface area (Å²) >= 11 is 9.89. The monoisotopic (exact) mass is 402 g/mol. The van der Waals surface area contributed by atoms with E-state index in [0.29, 0.717) is 27.0 Å². The molecule has 3 rings (SSSR count). The van der Waals surface area contributed by atoms with Crippen LogP contribution in [0.15, 0.2) is 29.4 Å². The Kier molecular flexibility index (Phi) is 4.59. The molecule has 0 spiro atoms. The summed E-state index contributed by atoms with van der Waals surface area (Å²) in [6.07, 6.45) is 2.28. The molecule has 1 N–H and O–H groups in total. The minimum atomic E-state index is -0.433. The molecule has 0 bridgehead atoms. The number of nitrogens with zero attached hydrogens (tertiary/aromatic N) is 2. The summed E-state index contributed by atoms with van der Waals surface area (Å²) in [4.78, 5) is 21.1. The van der Waals surface area contributed by atoms with Gasteiger partial charge < -0.3 is 0 Å².